The number of benzene rings is 2. The second-order valence-electron chi connectivity index (χ2n) is 4.97. The molecule has 98 valence electrons. The fourth-order valence-electron chi connectivity index (χ4n) is 2.90. The third kappa shape index (κ3) is 2.07. The summed E-state index contributed by atoms with van der Waals surface area (Å²) in [5.74, 6) is 0. The molecule has 2 heteroatoms. The fourth-order valence-corrected chi connectivity index (χ4v) is 2.90. The zero-order chi connectivity index (χ0) is 13.1. The normalized spacial score (nSPS) is 22.1. The summed E-state index contributed by atoms with van der Waals surface area (Å²) in [6.07, 6.45) is 1.16. The van der Waals surface area contributed by atoms with Crippen molar-refractivity contribution in [2.45, 2.75) is 24.5 Å². The van der Waals surface area contributed by atoms with Crippen LogP contribution in [0.2, 0.25) is 0 Å². The van der Waals surface area contributed by atoms with Crippen LogP contribution in [0.5, 0.6) is 0 Å². The Morgan fingerprint density at radius 1 is 0.895 bits per heavy atom. The average Bonchev–Trinajstić information content (AvgIpc) is 2.50. The first-order valence-electron chi connectivity index (χ1n) is 6.77. The van der Waals surface area contributed by atoms with Crippen LogP contribution >= 0.6 is 0 Å². The van der Waals surface area contributed by atoms with Gasteiger partial charge in [-0.2, -0.15) is 0 Å². The minimum absolute atomic E-state index is 0.508. The van der Waals surface area contributed by atoms with Gasteiger partial charge in [-0.3, -0.25) is 0 Å². The third-order valence-electron chi connectivity index (χ3n) is 3.83. The molecular weight excluding hydrogens is 236 g/mol. The molecule has 2 nitrogen and oxygen atoms in total. The zero-order valence-corrected chi connectivity index (χ0v) is 10.8. The Bertz CT molecular complexity index is 482. The molecular formula is C17H18O2. The molecule has 3 rings (SSSR count). The summed E-state index contributed by atoms with van der Waals surface area (Å²) >= 11 is 0. The van der Waals surface area contributed by atoms with Crippen LogP contribution in [0.1, 0.15) is 24.0 Å². The van der Waals surface area contributed by atoms with Crippen molar-refractivity contribution in [1.82, 2.24) is 0 Å². The number of aliphatic hydroxyl groups excluding tert-OH is 1. The summed E-state index contributed by atoms with van der Waals surface area (Å²) in [6, 6.07) is 20.0. The first-order valence-corrected chi connectivity index (χ1v) is 6.77. The van der Waals surface area contributed by atoms with E-state index >= 15 is 0 Å². The maximum absolute atomic E-state index is 10.6. The molecule has 0 spiro atoms. The first-order chi connectivity index (χ1) is 9.34. The highest BCUT2D eigenvalue weighted by Gasteiger charge is 2.44. The van der Waals surface area contributed by atoms with Crippen molar-refractivity contribution in [2.24, 2.45) is 0 Å². The highest BCUT2D eigenvalue weighted by Crippen LogP contribution is 2.41. The van der Waals surface area contributed by atoms with Crippen molar-refractivity contribution in [3.05, 3.63) is 71.8 Å². The van der Waals surface area contributed by atoms with Gasteiger partial charge in [0, 0.05) is 6.61 Å². The predicted octanol–water partition coefficient (Wildman–Crippen LogP) is 3.10. The maximum Gasteiger partial charge on any atom is 0.144 e. The van der Waals surface area contributed by atoms with Gasteiger partial charge in [0.25, 0.3) is 0 Å². The molecule has 1 N–H and O–H groups in total. The van der Waals surface area contributed by atoms with Crippen molar-refractivity contribution in [3.63, 3.8) is 0 Å². The van der Waals surface area contributed by atoms with Crippen LogP contribution in [0.4, 0.5) is 0 Å². The van der Waals surface area contributed by atoms with Crippen molar-refractivity contribution in [1.29, 1.82) is 0 Å². The Kier molecular flexibility index (Phi) is 3.36. The molecule has 1 saturated heterocycles. The van der Waals surface area contributed by atoms with Crippen molar-refractivity contribution >= 4 is 0 Å². The molecule has 1 unspecified atom stereocenters. The number of aliphatic hydroxyl groups is 1. The third-order valence-corrected chi connectivity index (χ3v) is 3.83. The smallest absolute Gasteiger partial charge is 0.144 e. The summed E-state index contributed by atoms with van der Waals surface area (Å²) in [5, 5.41) is 10.6. The van der Waals surface area contributed by atoms with Gasteiger partial charge in [0.05, 0.1) is 6.10 Å². The van der Waals surface area contributed by atoms with E-state index in [1.54, 1.807) is 0 Å². The van der Waals surface area contributed by atoms with Crippen LogP contribution in [0.3, 0.4) is 0 Å². The van der Waals surface area contributed by atoms with Gasteiger partial charge >= 0.3 is 0 Å². The summed E-state index contributed by atoms with van der Waals surface area (Å²) in [7, 11) is 0. The monoisotopic (exact) mass is 254 g/mol. The molecule has 1 heterocycles. The molecule has 0 amide bonds. The van der Waals surface area contributed by atoms with Crippen LogP contribution < -0.4 is 0 Å². The lowest BCUT2D eigenvalue weighted by Gasteiger charge is -2.42. The van der Waals surface area contributed by atoms with Crippen LogP contribution in [0.25, 0.3) is 0 Å². The zero-order valence-electron chi connectivity index (χ0n) is 10.8. The average molecular weight is 254 g/mol. The lowest BCUT2D eigenvalue weighted by Crippen LogP contribution is -2.46. The summed E-state index contributed by atoms with van der Waals surface area (Å²) in [4.78, 5) is 0. The van der Waals surface area contributed by atoms with Gasteiger partial charge < -0.3 is 9.84 Å². The Balaban J connectivity index is 2.16. The van der Waals surface area contributed by atoms with Crippen LogP contribution in [-0.2, 0) is 10.3 Å². The summed E-state index contributed by atoms with van der Waals surface area (Å²) in [6.45, 7) is 0.681. The van der Waals surface area contributed by atoms with E-state index in [0.29, 0.717) is 6.61 Å². The number of hydrogen-bond acceptors (Lipinski definition) is 2. The Labute approximate surface area is 113 Å². The van der Waals surface area contributed by atoms with E-state index in [1.807, 2.05) is 60.7 Å². The van der Waals surface area contributed by atoms with Crippen molar-refractivity contribution < 1.29 is 9.84 Å². The quantitative estimate of drug-likeness (QED) is 0.892. The molecule has 19 heavy (non-hydrogen) atoms. The Morgan fingerprint density at radius 3 is 1.89 bits per heavy atom. The van der Waals surface area contributed by atoms with E-state index in [1.165, 1.54) is 0 Å². The van der Waals surface area contributed by atoms with Crippen LogP contribution in [-0.4, -0.2) is 17.8 Å². The molecule has 2 aromatic carbocycles. The largest absolute Gasteiger partial charge is 0.389 e. The molecule has 1 fully saturated rings. The van der Waals surface area contributed by atoms with Crippen molar-refractivity contribution in [3.8, 4) is 0 Å². The van der Waals surface area contributed by atoms with Crippen LogP contribution in [0, 0.1) is 0 Å². The van der Waals surface area contributed by atoms with Crippen LogP contribution in [0.15, 0.2) is 60.7 Å². The van der Waals surface area contributed by atoms with Gasteiger partial charge in [-0.1, -0.05) is 60.7 Å². The van der Waals surface area contributed by atoms with E-state index in [0.717, 1.165) is 24.0 Å². The lowest BCUT2D eigenvalue weighted by atomic mass is 9.78. The van der Waals surface area contributed by atoms with Gasteiger partial charge in [-0.25, -0.2) is 0 Å². The number of hydrogen-bond donors (Lipinski definition) is 1. The lowest BCUT2D eigenvalue weighted by molar-refractivity contribution is -0.135. The predicted molar refractivity (Wildman–Crippen MR) is 74.9 cm³/mol. The van der Waals surface area contributed by atoms with Gasteiger partial charge in [-0.15, -0.1) is 0 Å². The molecule has 0 saturated carbocycles. The van der Waals surface area contributed by atoms with E-state index in [-0.39, 0.29) is 0 Å². The SMILES string of the molecule is OC1CCCOC1(c1ccccc1)c1ccccc1. The molecule has 1 aliphatic heterocycles. The van der Waals surface area contributed by atoms with E-state index in [4.69, 9.17) is 4.74 Å². The highest BCUT2D eigenvalue weighted by molar-refractivity contribution is 5.38. The van der Waals surface area contributed by atoms with E-state index < -0.39 is 11.7 Å². The number of ether oxygens (including phenoxy) is 1. The van der Waals surface area contributed by atoms with Gasteiger partial charge in [-0.05, 0) is 24.0 Å². The maximum atomic E-state index is 10.6. The minimum Gasteiger partial charge on any atom is -0.389 e. The topological polar surface area (TPSA) is 29.5 Å². The molecule has 1 atom stereocenters. The van der Waals surface area contributed by atoms with Crippen molar-refractivity contribution in [2.75, 3.05) is 6.61 Å². The molecule has 1 aliphatic rings. The second-order valence-corrected chi connectivity index (χ2v) is 4.97. The fraction of sp³-hybridized carbons (Fsp3) is 0.294. The van der Waals surface area contributed by atoms with Gasteiger partial charge in [0.1, 0.15) is 5.60 Å². The highest BCUT2D eigenvalue weighted by atomic mass is 16.5. The molecule has 0 aliphatic carbocycles. The summed E-state index contributed by atoms with van der Waals surface area (Å²) in [5.41, 5.74) is 1.32. The molecule has 2 aromatic rings. The summed E-state index contributed by atoms with van der Waals surface area (Å²) < 4.78 is 6.10. The first kappa shape index (κ1) is 12.4. The van der Waals surface area contributed by atoms with Gasteiger partial charge in [0.15, 0.2) is 0 Å². The molecule has 0 radical (unpaired) electrons. The van der Waals surface area contributed by atoms with E-state index in [9.17, 15) is 5.11 Å². The second kappa shape index (κ2) is 5.16. The minimum atomic E-state index is -0.721. The Morgan fingerprint density at radius 2 is 1.42 bits per heavy atom. The molecule has 0 aromatic heterocycles. The van der Waals surface area contributed by atoms with E-state index in [2.05, 4.69) is 0 Å². The van der Waals surface area contributed by atoms with Gasteiger partial charge in [0.2, 0.25) is 0 Å². The standard InChI is InChI=1S/C17H18O2/c18-16-12-7-13-19-17(16,14-8-3-1-4-9-14)15-10-5-2-6-11-15/h1-6,8-11,16,18H,7,12-13H2. The Hall–Kier alpha value is -1.64. The molecule has 0 bridgehead atoms. The number of rotatable bonds is 2.